The molecule has 0 aliphatic carbocycles. The van der Waals surface area contributed by atoms with E-state index in [1.807, 2.05) is 16.7 Å². The molecule has 1 aliphatic heterocycles. The van der Waals surface area contributed by atoms with E-state index in [4.69, 9.17) is 0 Å². The molecule has 3 aromatic rings. The van der Waals surface area contributed by atoms with Crippen LogP contribution in [0.25, 0.3) is 11.0 Å². The largest absolute Gasteiger partial charge is 0.481 e. The molecule has 0 atom stereocenters. The van der Waals surface area contributed by atoms with Gasteiger partial charge in [-0.3, -0.25) is 14.6 Å². The molecule has 4 rings (SSSR count). The summed E-state index contributed by atoms with van der Waals surface area (Å²) in [7, 11) is 0. The Morgan fingerprint density at radius 1 is 1.14 bits per heavy atom. The van der Waals surface area contributed by atoms with Crippen molar-refractivity contribution >= 4 is 22.9 Å². The Hall–Kier alpha value is -3.43. The summed E-state index contributed by atoms with van der Waals surface area (Å²) in [5.74, 6) is -0.930. The Morgan fingerprint density at radius 3 is 2.57 bits per heavy atom. The van der Waals surface area contributed by atoms with Crippen molar-refractivity contribution in [3.8, 4) is 0 Å². The normalized spacial score (nSPS) is 14.3. The summed E-state index contributed by atoms with van der Waals surface area (Å²) in [6, 6.07) is 6.19. The van der Waals surface area contributed by atoms with Crippen molar-refractivity contribution in [2.45, 2.75) is 58.8 Å². The molecule has 3 aromatic heterocycles. The fraction of sp³-hybridized carbons (Fsp3) is 0.440. The summed E-state index contributed by atoms with van der Waals surface area (Å²) in [4.78, 5) is 34.1. The van der Waals surface area contributed by atoms with Crippen LogP contribution in [0.3, 0.4) is 0 Å². The fourth-order valence-corrected chi connectivity index (χ4v) is 4.46. The molecule has 0 saturated heterocycles. The van der Waals surface area contributed by atoms with Crippen molar-refractivity contribution in [1.82, 2.24) is 19.4 Å². The predicted molar refractivity (Wildman–Crippen MR) is 122 cm³/mol. The molecule has 0 radical (unpaired) electrons. The van der Waals surface area contributed by atoms with Crippen LogP contribution in [0.15, 0.2) is 36.7 Å². The van der Waals surface area contributed by atoms with Gasteiger partial charge >= 0.3 is 12.1 Å². The first-order chi connectivity index (χ1) is 16.5. The Balaban J connectivity index is 1.55. The number of alkyl halides is 3. The minimum atomic E-state index is -4.50. The van der Waals surface area contributed by atoms with Crippen LogP contribution in [0.1, 0.15) is 55.6 Å². The first-order valence-corrected chi connectivity index (χ1v) is 11.5. The molecule has 1 amide bonds. The van der Waals surface area contributed by atoms with E-state index in [1.165, 1.54) is 12.3 Å². The molecule has 0 fully saturated rings. The van der Waals surface area contributed by atoms with Gasteiger partial charge in [-0.1, -0.05) is 6.07 Å². The van der Waals surface area contributed by atoms with Gasteiger partial charge in [0.25, 0.3) is 0 Å². The smallest absolute Gasteiger partial charge is 0.433 e. The Kier molecular flexibility index (Phi) is 6.57. The predicted octanol–water partition coefficient (Wildman–Crippen LogP) is 4.66. The van der Waals surface area contributed by atoms with Crippen LogP contribution < -0.4 is 0 Å². The highest BCUT2D eigenvalue weighted by Gasteiger charge is 2.32. The topological polar surface area (TPSA) is 88.3 Å². The van der Waals surface area contributed by atoms with Gasteiger partial charge in [0.2, 0.25) is 5.91 Å². The average Bonchev–Trinajstić information content (AvgIpc) is 3.11. The number of carboxylic acid groups (broad SMARTS) is 1. The molecule has 10 heteroatoms. The summed E-state index contributed by atoms with van der Waals surface area (Å²) in [5, 5.41) is 10.2. The Morgan fingerprint density at radius 2 is 1.91 bits per heavy atom. The Labute approximate surface area is 200 Å². The monoisotopic (exact) mass is 488 g/mol. The average molecular weight is 489 g/mol. The summed E-state index contributed by atoms with van der Waals surface area (Å²) in [5.41, 5.74) is 1.48. The molecule has 1 aliphatic rings. The van der Waals surface area contributed by atoms with Crippen LogP contribution in [-0.4, -0.2) is 43.0 Å². The first kappa shape index (κ1) is 24.7. The highest BCUT2D eigenvalue weighted by Crippen LogP contribution is 2.32. The van der Waals surface area contributed by atoms with Crippen molar-refractivity contribution in [1.29, 1.82) is 0 Å². The van der Waals surface area contributed by atoms with Crippen molar-refractivity contribution in [2.75, 3.05) is 6.54 Å². The number of carbonyl (C=O) groups is 2. The zero-order valence-corrected chi connectivity index (χ0v) is 19.6. The van der Waals surface area contributed by atoms with E-state index >= 15 is 0 Å². The molecule has 186 valence electrons. The van der Waals surface area contributed by atoms with E-state index in [9.17, 15) is 27.9 Å². The molecular formula is C25H27F3N4O3. The minimum Gasteiger partial charge on any atom is -0.481 e. The number of aromatic nitrogens is 3. The van der Waals surface area contributed by atoms with Crippen molar-refractivity contribution in [2.24, 2.45) is 5.41 Å². The van der Waals surface area contributed by atoms with Crippen LogP contribution in [-0.2, 0) is 35.3 Å². The van der Waals surface area contributed by atoms with Crippen LogP contribution in [0.5, 0.6) is 0 Å². The molecule has 0 saturated carbocycles. The fourth-order valence-electron chi connectivity index (χ4n) is 4.46. The number of halogens is 3. The van der Waals surface area contributed by atoms with Gasteiger partial charge in [0.15, 0.2) is 0 Å². The summed E-state index contributed by atoms with van der Waals surface area (Å²) in [6.07, 6.45) is 0.166. The summed E-state index contributed by atoms with van der Waals surface area (Å²) < 4.78 is 40.6. The number of rotatable bonds is 7. The minimum absolute atomic E-state index is 0.0437. The number of hydrogen-bond acceptors (Lipinski definition) is 4. The van der Waals surface area contributed by atoms with Crippen molar-refractivity contribution in [3.63, 3.8) is 0 Å². The van der Waals surface area contributed by atoms with Gasteiger partial charge in [-0.15, -0.1) is 0 Å². The lowest BCUT2D eigenvalue weighted by atomic mass is 9.87. The van der Waals surface area contributed by atoms with Crippen LogP contribution in [0.2, 0.25) is 0 Å². The lowest BCUT2D eigenvalue weighted by molar-refractivity contribution is -0.147. The number of hydrogen-bond donors (Lipinski definition) is 1. The van der Waals surface area contributed by atoms with Crippen LogP contribution in [0.4, 0.5) is 13.2 Å². The number of nitrogens with zero attached hydrogens (tertiary/aromatic N) is 4. The zero-order valence-electron chi connectivity index (χ0n) is 19.6. The van der Waals surface area contributed by atoms with E-state index in [0.29, 0.717) is 37.9 Å². The third kappa shape index (κ3) is 5.16. The molecule has 0 bridgehead atoms. The number of amides is 1. The van der Waals surface area contributed by atoms with E-state index in [0.717, 1.165) is 28.4 Å². The maximum atomic E-state index is 12.9. The molecule has 0 spiro atoms. The van der Waals surface area contributed by atoms with E-state index in [1.54, 1.807) is 24.9 Å². The SMILES string of the molecule is CC(C)(CCCC(=O)N1CCc2c(n(Cc3ccc(C(F)(F)F)nc3)c3ncccc23)C1)C(=O)O. The van der Waals surface area contributed by atoms with Crippen molar-refractivity contribution in [3.05, 3.63) is 59.2 Å². The van der Waals surface area contributed by atoms with Crippen LogP contribution in [0, 0.1) is 5.41 Å². The van der Waals surface area contributed by atoms with Gasteiger partial charge in [0.1, 0.15) is 11.3 Å². The second-order valence-corrected chi connectivity index (χ2v) is 9.54. The van der Waals surface area contributed by atoms with E-state index < -0.39 is 23.3 Å². The van der Waals surface area contributed by atoms with Gasteiger partial charge in [-0.2, -0.15) is 13.2 Å². The van der Waals surface area contributed by atoms with Gasteiger partial charge < -0.3 is 14.6 Å². The highest BCUT2D eigenvalue weighted by atomic mass is 19.4. The maximum absolute atomic E-state index is 12.9. The molecule has 1 N–H and O–H groups in total. The highest BCUT2D eigenvalue weighted by molar-refractivity contribution is 5.84. The molecule has 4 heterocycles. The summed E-state index contributed by atoms with van der Waals surface area (Å²) in [6.45, 7) is 4.48. The third-order valence-corrected chi connectivity index (χ3v) is 6.59. The molecule has 0 aromatic carbocycles. The number of aliphatic carboxylic acids is 1. The lowest BCUT2D eigenvalue weighted by Crippen LogP contribution is -2.36. The second-order valence-electron chi connectivity index (χ2n) is 9.54. The molecule has 0 unspecified atom stereocenters. The lowest BCUT2D eigenvalue weighted by Gasteiger charge is -2.29. The number of pyridine rings is 2. The standard InChI is InChI=1S/C25H27F3N4O3/c1-24(2,23(34)35)10-3-6-21(33)31-12-9-17-18-5-4-11-29-22(18)32(19(17)15-31)14-16-7-8-20(30-13-16)25(26,27)28/h4-5,7-8,11,13H,3,6,9-10,12,14-15H2,1-2H3,(H,34,35). The number of carbonyl (C=O) groups excluding carboxylic acids is 1. The van der Waals surface area contributed by atoms with Gasteiger partial charge in [0, 0.05) is 36.4 Å². The van der Waals surface area contributed by atoms with E-state index in [2.05, 4.69) is 9.97 Å². The summed E-state index contributed by atoms with van der Waals surface area (Å²) >= 11 is 0. The van der Waals surface area contributed by atoms with Gasteiger partial charge in [0.05, 0.1) is 18.5 Å². The van der Waals surface area contributed by atoms with E-state index in [-0.39, 0.29) is 18.9 Å². The Bertz CT molecular complexity index is 1250. The van der Waals surface area contributed by atoms with Gasteiger partial charge in [-0.25, -0.2) is 4.98 Å². The van der Waals surface area contributed by atoms with Crippen molar-refractivity contribution < 1.29 is 27.9 Å². The third-order valence-electron chi connectivity index (χ3n) is 6.59. The number of carboxylic acids is 1. The van der Waals surface area contributed by atoms with Crippen LogP contribution >= 0.6 is 0 Å². The molecule has 7 nitrogen and oxygen atoms in total. The van der Waals surface area contributed by atoms with Gasteiger partial charge in [-0.05, 0) is 62.4 Å². The number of fused-ring (bicyclic) bond motifs is 3. The maximum Gasteiger partial charge on any atom is 0.433 e. The molecular weight excluding hydrogens is 461 g/mol. The zero-order chi connectivity index (χ0) is 25.4. The first-order valence-electron chi connectivity index (χ1n) is 11.5. The quantitative estimate of drug-likeness (QED) is 0.523. The second kappa shape index (κ2) is 9.31. The molecule has 35 heavy (non-hydrogen) atoms.